The molecule has 3 N–H and O–H groups in total. The quantitative estimate of drug-likeness (QED) is 0.740. The average Bonchev–Trinajstić information content (AvgIpc) is 3.33. The van der Waals surface area contributed by atoms with E-state index in [4.69, 9.17) is 5.73 Å². The van der Waals surface area contributed by atoms with Crippen molar-refractivity contribution < 1.29 is 14.0 Å². The fourth-order valence-electron chi connectivity index (χ4n) is 4.18. The number of aromatic amines is 1. The van der Waals surface area contributed by atoms with E-state index in [0.29, 0.717) is 22.6 Å². The molecule has 8 heteroatoms. The molecule has 2 fully saturated rings. The fourth-order valence-corrected chi connectivity index (χ4v) is 4.18. The first-order chi connectivity index (χ1) is 13.0. The number of nitrogens with zero attached hydrogens (tertiary/aromatic N) is 3. The summed E-state index contributed by atoms with van der Waals surface area (Å²) in [5.41, 5.74) is 8.14. The number of benzene rings is 1. The Balaban J connectivity index is 1.49. The maximum atomic E-state index is 13.8. The molecule has 0 radical (unpaired) electrons. The standard InChI is InChI=1S/C19H20FN5O2/c20-12-7-13(17(21)26)16-15(8-12)23-18-14(9-22-25(16)18)10-3-5-24(6-4-10)19(27)11-1-2-11/h7-11,22H,1-6H2,(H2,21,26). The molecule has 1 aromatic carbocycles. The molecule has 7 nitrogen and oxygen atoms in total. The molecule has 3 aromatic rings. The average molecular weight is 369 g/mol. The topological polar surface area (TPSA) is 96.5 Å². The van der Waals surface area contributed by atoms with Gasteiger partial charge in [-0.3, -0.25) is 14.7 Å². The number of primary amides is 1. The Morgan fingerprint density at radius 3 is 2.59 bits per heavy atom. The Morgan fingerprint density at radius 1 is 1.19 bits per heavy atom. The lowest BCUT2D eigenvalue weighted by atomic mass is 9.91. The Bertz CT molecular complexity index is 1070. The summed E-state index contributed by atoms with van der Waals surface area (Å²) in [7, 11) is 0. The van der Waals surface area contributed by atoms with Crippen molar-refractivity contribution in [1.29, 1.82) is 0 Å². The summed E-state index contributed by atoms with van der Waals surface area (Å²) in [6, 6.07) is 2.45. The van der Waals surface area contributed by atoms with Gasteiger partial charge >= 0.3 is 0 Å². The van der Waals surface area contributed by atoms with Gasteiger partial charge in [0.05, 0.1) is 11.1 Å². The summed E-state index contributed by atoms with van der Waals surface area (Å²) in [5.74, 6) is -0.420. The summed E-state index contributed by atoms with van der Waals surface area (Å²) in [4.78, 5) is 30.5. The van der Waals surface area contributed by atoms with E-state index in [1.165, 1.54) is 6.07 Å². The predicted molar refractivity (Wildman–Crippen MR) is 96.8 cm³/mol. The lowest BCUT2D eigenvalue weighted by molar-refractivity contribution is -0.133. The van der Waals surface area contributed by atoms with Crippen LogP contribution in [0, 0.1) is 11.7 Å². The molecular formula is C19H20FN5O2. The van der Waals surface area contributed by atoms with Crippen LogP contribution in [0.1, 0.15) is 47.5 Å². The normalized spacial score (nSPS) is 18.5. The maximum Gasteiger partial charge on any atom is 0.251 e. The van der Waals surface area contributed by atoms with Crippen molar-refractivity contribution in [2.75, 3.05) is 13.1 Å². The maximum absolute atomic E-state index is 13.8. The molecule has 0 unspecified atom stereocenters. The zero-order chi connectivity index (χ0) is 18.7. The van der Waals surface area contributed by atoms with E-state index in [0.717, 1.165) is 50.4 Å². The number of likely N-dealkylation sites (tertiary alicyclic amines) is 1. The molecule has 5 rings (SSSR count). The number of nitrogens with one attached hydrogen (secondary N) is 1. The first kappa shape index (κ1) is 16.3. The molecule has 0 atom stereocenters. The van der Waals surface area contributed by atoms with Crippen LogP contribution in [0.2, 0.25) is 0 Å². The highest BCUT2D eigenvalue weighted by Crippen LogP contribution is 2.36. The van der Waals surface area contributed by atoms with Crippen molar-refractivity contribution in [3.8, 4) is 0 Å². The smallest absolute Gasteiger partial charge is 0.251 e. The van der Waals surface area contributed by atoms with Crippen LogP contribution < -0.4 is 5.73 Å². The molecule has 2 amide bonds. The van der Waals surface area contributed by atoms with Gasteiger partial charge in [-0.15, -0.1) is 0 Å². The number of amides is 2. The number of hydrogen-bond donors (Lipinski definition) is 2. The molecular weight excluding hydrogens is 349 g/mol. The molecule has 2 aliphatic rings. The van der Waals surface area contributed by atoms with Crippen molar-refractivity contribution in [2.45, 2.75) is 31.6 Å². The van der Waals surface area contributed by atoms with Gasteiger partial charge in [0.15, 0.2) is 5.65 Å². The number of nitrogens with two attached hydrogens (primary N) is 1. The van der Waals surface area contributed by atoms with E-state index in [9.17, 15) is 14.0 Å². The number of carbonyl (C=O) groups is 2. The van der Waals surface area contributed by atoms with Crippen LogP contribution >= 0.6 is 0 Å². The second-order valence-corrected chi connectivity index (χ2v) is 7.56. The highest BCUT2D eigenvalue weighted by atomic mass is 19.1. The number of aromatic nitrogens is 3. The molecule has 0 spiro atoms. The minimum Gasteiger partial charge on any atom is -0.366 e. The molecule has 2 aromatic heterocycles. The molecule has 3 heterocycles. The second kappa shape index (κ2) is 5.80. The summed E-state index contributed by atoms with van der Waals surface area (Å²) in [5, 5.41) is 3.13. The lowest BCUT2D eigenvalue weighted by Gasteiger charge is -2.31. The Morgan fingerprint density at radius 2 is 1.93 bits per heavy atom. The zero-order valence-corrected chi connectivity index (χ0v) is 14.7. The van der Waals surface area contributed by atoms with E-state index in [1.54, 1.807) is 4.52 Å². The van der Waals surface area contributed by atoms with E-state index in [2.05, 4.69) is 10.1 Å². The van der Waals surface area contributed by atoms with Crippen LogP contribution in [0.3, 0.4) is 0 Å². The number of rotatable bonds is 3. The first-order valence-electron chi connectivity index (χ1n) is 9.30. The van der Waals surface area contributed by atoms with Gasteiger partial charge in [0.25, 0.3) is 5.91 Å². The Kier molecular flexibility index (Phi) is 3.50. The monoisotopic (exact) mass is 369 g/mol. The minimum absolute atomic E-state index is 0.107. The van der Waals surface area contributed by atoms with Gasteiger partial charge in [-0.25, -0.2) is 13.9 Å². The number of hydrogen-bond acceptors (Lipinski definition) is 3. The van der Waals surface area contributed by atoms with Crippen LogP contribution in [0.15, 0.2) is 18.3 Å². The molecule has 27 heavy (non-hydrogen) atoms. The van der Waals surface area contributed by atoms with Crippen LogP contribution in [0.25, 0.3) is 16.7 Å². The molecule has 1 saturated heterocycles. The third kappa shape index (κ3) is 2.58. The summed E-state index contributed by atoms with van der Waals surface area (Å²) in [6.45, 7) is 1.50. The van der Waals surface area contributed by atoms with Crippen molar-refractivity contribution >= 4 is 28.5 Å². The number of piperidine rings is 1. The minimum atomic E-state index is -0.690. The molecule has 0 bridgehead atoms. The van der Waals surface area contributed by atoms with E-state index < -0.39 is 11.7 Å². The van der Waals surface area contributed by atoms with Crippen LogP contribution in [0.5, 0.6) is 0 Å². The number of halogens is 1. The van der Waals surface area contributed by atoms with Gasteiger partial charge in [-0.1, -0.05) is 0 Å². The third-order valence-corrected chi connectivity index (χ3v) is 5.76. The van der Waals surface area contributed by atoms with E-state index in [-0.39, 0.29) is 17.4 Å². The largest absolute Gasteiger partial charge is 0.366 e. The SMILES string of the molecule is NC(=O)c1cc(F)cc2nc3c(C4CCN(C(=O)C5CC5)CC4)c[nH]n3c12. The molecule has 1 saturated carbocycles. The van der Waals surface area contributed by atoms with E-state index >= 15 is 0 Å². The third-order valence-electron chi connectivity index (χ3n) is 5.76. The van der Waals surface area contributed by atoms with Gasteiger partial charge in [0.2, 0.25) is 5.91 Å². The van der Waals surface area contributed by atoms with E-state index in [1.807, 2.05) is 11.1 Å². The number of H-pyrrole nitrogens is 1. The fraction of sp³-hybridized carbons (Fsp3) is 0.421. The Labute approximate surface area is 154 Å². The van der Waals surface area contributed by atoms with Crippen molar-refractivity contribution in [3.05, 3.63) is 35.3 Å². The molecule has 1 aliphatic carbocycles. The number of fused-ring (bicyclic) bond motifs is 3. The molecule has 1 aliphatic heterocycles. The Hall–Kier alpha value is -2.90. The lowest BCUT2D eigenvalue weighted by Crippen LogP contribution is -2.38. The van der Waals surface area contributed by atoms with Crippen LogP contribution in [0.4, 0.5) is 4.39 Å². The van der Waals surface area contributed by atoms with Gasteiger partial charge in [0, 0.05) is 36.8 Å². The van der Waals surface area contributed by atoms with Crippen molar-refractivity contribution in [3.63, 3.8) is 0 Å². The zero-order valence-electron chi connectivity index (χ0n) is 14.7. The molecule has 140 valence electrons. The summed E-state index contributed by atoms with van der Waals surface area (Å²) in [6.07, 6.45) is 5.67. The van der Waals surface area contributed by atoms with Gasteiger partial charge in [0.1, 0.15) is 11.3 Å². The van der Waals surface area contributed by atoms with Gasteiger partial charge in [-0.2, -0.15) is 0 Å². The first-order valence-corrected chi connectivity index (χ1v) is 9.30. The van der Waals surface area contributed by atoms with Gasteiger partial charge < -0.3 is 10.6 Å². The number of imidazole rings is 1. The van der Waals surface area contributed by atoms with Gasteiger partial charge in [-0.05, 0) is 37.7 Å². The predicted octanol–water partition coefficient (Wildman–Crippen LogP) is 2.17. The highest BCUT2D eigenvalue weighted by Gasteiger charge is 2.35. The van der Waals surface area contributed by atoms with Crippen molar-refractivity contribution in [2.24, 2.45) is 11.7 Å². The highest BCUT2D eigenvalue weighted by molar-refractivity contribution is 6.05. The van der Waals surface area contributed by atoms with Crippen LogP contribution in [-0.4, -0.2) is 44.4 Å². The summed E-state index contributed by atoms with van der Waals surface area (Å²) < 4.78 is 15.5. The van der Waals surface area contributed by atoms with Crippen LogP contribution in [-0.2, 0) is 4.79 Å². The summed E-state index contributed by atoms with van der Waals surface area (Å²) >= 11 is 0. The number of carbonyl (C=O) groups excluding carboxylic acids is 2. The van der Waals surface area contributed by atoms with Crippen molar-refractivity contribution in [1.82, 2.24) is 19.5 Å². The second-order valence-electron chi connectivity index (χ2n) is 7.56.